The molecular formula is C13H11N3O2. The monoisotopic (exact) mass is 241 g/mol. The normalized spacial score (nSPS) is 10.4. The van der Waals surface area contributed by atoms with E-state index in [2.05, 4.69) is 10.5 Å². The van der Waals surface area contributed by atoms with E-state index in [0.717, 1.165) is 5.56 Å². The number of anilines is 1. The third-order valence-corrected chi connectivity index (χ3v) is 2.26. The molecule has 0 aliphatic carbocycles. The molecule has 18 heavy (non-hydrogen) atoms. The van der Waals surface area contributed by atoms with Gasteiger partial charge in [-0.2, -0.15) is 5.10 Å². The van der Waals surface area contributed by atoms with Gasteiger partial charge in [-0.05, 0) is 11.6 Å². The molecule has 0 bridgehead atoms. The Bertz CT molecular complexity index is 567. The molecule has 0 aliphatic rings. The molecule has 2 rings (SSSR count). The highest BCUT2D eigenvalue weighted by atomic mass is 16.6. The summed E-state index contributed by atoms with van der Waals surface area (Å²) in [6.07, 6.45) is 1.65. The van der Waals surface area contributed by atoms with Crippen LogP contribution in [0.2, 0.25) is 0 Å². The van der Waals surface area contributed by atoms with Crippen LogP contribution in [0.1, 0.15) is 5.56 Å². The lowest BCUT2D eigenvalue weighted by Gasteiger charge is -1.99. The van der Waals surface area contributed by atoms with Crippen LogP contribution in [0.15, 0.2) is 59.7 Å². The number of rotatable bonds is 4. The van der Waals surface area contributed by atoms with Crippen molar-refractivity contribution >= 4 is 17.6 Å². The molecule has 5 heteroatoms. The largest absolute Gasteiger partial charge is 0.278 e. The van der Waals surface area contributed by atoms with Gasteiger partial charge in [0.15, 0.2) is 0 Å². The molecule has 0 saturated carbocycles. The van der Waals surface area contributed by atoms with Gasteiger partial charge < -0.3 is 0 Å². The first kappa shape index (κ1) is 11.8. The summed E-state index contributed by atoms with van der Waals surface area (Å²) in [5.74, 6) is 0. The Balaban J connectivity index is 2.04. The maximum Gasteiger partial charge on any atom is 0.271 e. The zero-order chi connectivity index (χ0) is 12.8. The van der Waals surface area contributed by atoms with E-state index in [1.165, 1.54) is 12.1 Å². The third kappa shape index (κ3) is 3.15. The minimum atomic E-state index is -0.438. The standard InChI is InChI=1S/C13H11N3O2/c17-16(18)13-8-4-7-12(9-13)15-14-10-11-5-2-1-3-6-11/h1-10,15H. The first-order valence-corrected chi connectivity index (χ1v) is 5.34. The highest BCUT2D eigenvalue weighted by Gasteiger charge is 2.04. The molecule has 0 heterocycles. The molecule has 1 N–H and O–H groups in total. The third-order valence-electron chi connectivity index (χ3n) is 2.26. The van der Waals surface area contributed by atoms with Crippen LogP contribution in [-0.4, -0.2) is 11.1 Å². The molecule has 0 amide bonds. The van der Waals surface area contributed by atoms with Crippen molar-refractivity contribution in [1.29, 1.82) is 0 Å². The van der Waals surface area contributed by atoms with Crippen molar-refractivity contribution in [3.8, 4) is 0 Å². The molecule has 0 fully saturated rings. The van der Waals surface area contributed by atoms with Crippen molar-refractivity contribution in [2.45, 2.75) is 0 Å². The lowest BCUT2D eigenvalue weighted by molar-refractivity contribution is -0.384. The average Bonchev–Trinajstić information content (AvgIpc) is 2.40. The van der Waals surface area contributed by atoms with Gasteiger partial charge in [0, 0.05) is 12.1 Å². The van der Waals surface area contributed by atoms with Crippen molar-refractivity contribution in [3.63, 3.8) is 0 Å². The Hall–Kier alpha value is -2.69. The summed E-state index contributed by atoms with van der Waals surface area (Å²) in [7, 11) is 0. The van der Waals surface area contributed by atoms with Gasteiger partial charge in [-0.1, -0.05) is 36.4 Å². The predicted octanol–water partition coefficient (Wildman–Crippen LogP) is 3.04. The van der Waals surface area contributed by atoms with E-state index in [9.17, 15) is 10.1 Å². The molecule has 0 aromatic heterocycles. The van der Waals surface area contributed by atoms with Gasteiger partial charge in [-0.15, -0.1) is 0 Å². The summed E-state index contributed by atoms with van der Waals surface area (Å²) in [4.78, 5) is 10.1. The van der Waals surface area contributed by atoms with Gasteiger partial charge in [0.1, 0.15) is 0 Å². The number of non-ortho nitro benzene ring substituents is 1. The van der Waals surface area contributed by atoms with Gasteiger partial charge in [-0.3, -0.25) is 15.5 Å². The second-order valence-electron chi connectivity index (χ2n) is 3.59. The fraction of sp³-hybridized carbons (Fsp3) is 0. The van der Waals surface area contributed by atoms with Crippen LogP contribution in [-0.2, 0) is 0 Å². The van der Waals surface area contributed by atoms with Crippen LogP contribution in [0.3, 0.4) is 0 Å². The number of hydrogen-bond donors (Lipinski definition) is 1. The van der Waals surface area contributed by atoms with E-state index in [0.29, 0.717) is 5.69 Å². The number of nitrogens with one attached hydrogen (secondary N) is 1. The van der Waals surface area contributed by atoms with Crippen molar-refractivity contribution in [1.82, 2.24) is 0 Å². The zero-order valence-corrected chi connectivity index (χ0v) is 9.48. The SMILES string of the molecule is O=[N+]([O-])c1cccc(NN=Cc2ccccc2)c1. The summed E-state index contributed by atoms with van der Waals surface area (Å²) in [5.41, 5.74) is 4.32. The van der Waals surface area contributed by atoms with Gasteiger partial charge in [-0.25, -0.2) is 0 Å². The number of nitro benzene ring substituents is 1. The second-order valence-corrected chi connectivity index (χ2v) is 3.59. The molecule has 90 valence electrons. The van der Waals surface area contributed by atoms with E-state index >= 15 is 0 Å². The number of nitrogens with zero attached hydrogens (tertiary/aromatic N) is 2. The second kappa shape index (κ2) is 5.58. The predicted molar refractivity (Wildman–Crippen MR) is 70.8 cm³/mol. The van der Waals surface area contributed by atoms with Gasteiger partial charge in [0.25, 0.3) is 5.69 Å². The Morgan fingerprint density at radius 3 is 2.61 bits per heavy atom. The molecule has 2 aromatic rings. The van der Waals surface area contributed by atoms with E-state index in [1.807, 2.05) is 30.3 Å². The lowest BCUT2D eigenvalue weighted by Crippen LogP contribution is -1.92. The van der Waals surface area contributed by atoms with Crippen LogP contribution in [0.5, 0.6) is 0 Å². The molecular weight excluding hydrogens is 230 g/mol. The van der Waals surface area contributed by atoms with Crippen molar-refractivity contribution in [2.75, 3.05) is 5.43 Å². The van der Waals surface area contributed by atoms with Crippen molar-refractivity contribution in [2.24, 2.45) is 5.10 Å². The molecule has 0 spiro atoms. The minimum Gasteiger partial charge on any atom is -0.278 e. The Labute approximate surface area is 104 Å². The number of hydrazone groups is 1. The fourth-order valence-electron chi connectivity index (χ4n) is 1.41. The quantitative estimate of drug-likeness (QED) is 0.508. The molecule has 0 radical (unpaired) electrons. The first-order chi connectivity index (χ1) is 8.75. The Morgan fingerprint density at radius 1 is 1.11 bits per heavy atom. The van der Waals surface area contributed by atoms with Crippen LogP contribution < -0.4 is 5.43 Å². The average molecular weight is 241 g/mol. The van der Waals surface area contributed by atoms with E-state index in [4.69, 9.17) is 0 Å². The molecule has 2 aromatic carbocycles. The van der Waals surface area contributed by atoms with Crippen molar-refractivity contribution < 1.29 is 4.92 Å². The van der Waals surface area contributed by atoms with Crippen LogP contribution in [0.25, 0.3) is 0 Å². The molecule has 0 aliphatic heterocycles. The van der Waals surface area contributed by atoms with Crippen molar-refractivity contribution in [3.05, 3.63) is 70.3 Å². The summed E-state index contributed by atoms with van der Waals surface area (Å²) in [6.45, 7) is 0. The minimum absolute atomic E-state index is 0.0370. The van der Waals surface area contributed by atoms with Crippen LogP contribution >= 0.6 is 0 Å². The van der Waals surface area contributed by atoms with Gasteiger partial charge in [0.05, 0.1) is 16.8 Å². The van der Waals surface area contributed by atoms with Gasteiger partial charge >= 0.3 is 0 Å². The van der Waals surface area contributed by atoms with E-state index in [-0.39, 0.29) is 5.69 Å². The molecule has 0 unspecified atom stereocenters. The maximum atomic E-state index is 10.6. The summed E-state index contributed by atoms with van der Waals surface area (Å²) in [5, 5.41) is 14.6. The van der Waals surface area contributed by atoms with Gasteiger partial charge in [0.2, 0.25) is 0 Å². The topological polar surface area (TPSA) is 67.5 Å². The molecule has 0 atom stereocenters. The lowest BCUT2D eigenvalue weighted by atomic mass is 10.2. The maximum absolute atomic E-state index is 10.6. The number of nitro groups is 1. The number of benzene rings is 2. The highest BCUT2D eigenvalue weighted by molar-refractivity contribution is 5.80. The fourth-order valence-corrected chi connectivity index (χ4v) is 1.41. The van der Waals surface area contributed by atoms with Crippen LogP contribution in [0, 0.1) is 10.1 Å². The smallest absolute Gasteiger partial charge is 0.271 e. The highest BCUT2D eigenvalue weighted by Crippen LogP contribution is 2.16. The van der Waals surface area contributed by atoms with E-state index < -0.39 is 4.92 Å². The number of hydrogen-bond acceptors (Lipinski definition) is 4. The Morgan fingerprint density at radius 2 is 1.89 bits per heavy atom. The molecule has 0 saturated heterocycles. The first-order valence-electron chi connectivity index (χ1n) is 5.34. The summed E-state index contributed by atoms with van der Waals surface area (Å²) < 4.78 is 0. The zero-order valence-electron chi connectivity index (χ0n) is 9.48. The van der Waals surface area contributed by atoms with E-state index in [1.54, 1.807) is 18.3 Å². The summed E-state index contributed by atoms with van der Waals surface area (Å²) >= 11 is 0. The molecule has 5 nitrogen and oxygen atoms in total. The van der Waals surface area contributed by atoms with Crippen LogP contribution in [0.4, 0.5) is 11.4 Å². The Kier molecular flexibility index (Phi) is 3.66. The summed E-state index contributed by atoms with van der Waals surface area (Å²) in [6, 6.07) is 15.8.